The average molecular weight is 597 g/mol. The predicted molar refractivity (Wildman–Crippen MR) is 155 cm³/mol. The standard InChI is InChI=1S/C34H28O10/c35-27-26(21-40-30(36)22-13-5-1-6-14-22)41-34(44-33(39)25-19-11-4-12-20-25)29(43-32(38)24-17-9-3-10-18-24)28(27)42-31(37)23-15-7-2-8-16-23/h1-20,26-29,34-35H,21H2/t26-,27-,28+,29-,34-/m1/s1. The smallest absolute Gasteiger partial charge is 0.340 e. The number of ether oxygens (including phenoxy) is 5. The Labute approximate surface area is 252 Å². The predicted octanol–water partition coefficient (Wildman–Crippen LogP) is 4.24. The molecule has 1 aliphatic heterocycles. The zero-order valence-corrected chi connectivity index (χ0v) is 23.3. The summed E-state index contributed by atoms with van der Waals surface area (Å²) in [6.45, 7) is -0.507. The van der Waals surface area contributed by atoms with Crippen LogP contribution in [0.15, 0.2) is 121 Å². The van der Waals surface area contributed by atoms with Gasteiger partial charge in [0.2, 0.25) is 12.4 Å². The maximum absolute atomic E-state index is 13.2. The number of hydrogen-bond donors (Lipinski definition) is 1. The van der Waals surface area contributed by atoms with Gasteiger partial charge in [-0.2, -0.15) is 0 Å². The van der Waals surface area contributed by atoms with Crippen molar-refractivity contribution in [2.45, 2.75) is 30.7 Å². The van der Waals surface area contributed by atoms with Crippen LogP contribution in [-0.2, 0) is 23.7 Å². The summed E-state index contributed by atoms with van der Waals surface area (Å²) in [5.74, 6) is -3.22. The minimum absolute atomic E-state index is 0.155. The quantitative estimate of drug-likeness (QED) is 0.221. The average Bonchev–Trinajstić information content (AvgIpc) is 3.08. The first-order valence-corrected chi connectivity index (χ1v) is 13.7. The second kappa shape index (κ2) is 14.2. The molecule has 0 saturated carbocycles. The summed E-state index contributed by atoms with van der Waals surface area (Å²) in [6, 6.07) is 32.1. The molecule has 10 nitrogen and oxygen atoms in total. The maximum atomic E-state index is 13.2. The van der Waals surface area contributed by atoms with Crippen LogP contribution in [0.25, 0.3) is 0 Å². The molecule has 0 radical (unpaired) electrons. The fourth-order valence-electron chi connectivity index (χ4n) is 4.48. The summed E-state index contributed by atoms with van der Waals surface area (Å²) >= 11 is 0. The number of aliphatic hydroxyl groups excluding tert-OH is 1. The van der Waals surface area contributed by atoms with E-state index in [2.05, 4.69) is 0 Å². The van der Waals surface area contributed by atoms with E-state index in [-0.39, 0.29) is 22.3 Å². The molecule has 44 heavy (non-hydrogen) atoms. The molecule has 1 heterocycles. The molecule has 1 N–H and O–H groups in total. The first-order chi connectivity index (χ1) is 21.4. The van der Waals surface area contributed by atoms with Crippen LogP contribution >= 0.6 is 0 Å². The number of esters is 4. The lowest BCUT2D eigenvalue weighted by molar-refractivity contribution is -0.283. The highest BCUT2D eigenvalue weighted by Crippen LogP contribution is 2.30. The first kappa shape index (κ1) is 30.1. The Morgan fingerprint density at radius 1 is 0.523 bits per heavy atom. The second-order valence-electron chi connectivity index (χ2n) is 9.74. The summed E-state index contributed by atoms with van der Waals surface area (Å²) < 4.78 is 28.3. The van der Waals surface area contributed by atoms with Crippen LogP contribution in [0.3, 0.4) is 0 Å². The molecular weight excluding hydrogens is 568 g/mol. The van der Waals surface area contributed by atoms with Crippen molar-refractivity contribution < 1.29 is 48.0 Å². The molecule has 5 rings (SSSR count). The van der Waals surface area contributed by atoms with Crippen molar-refractivity contribution in [2.75, 3.05) is 6.61 Å². The van der Waals surface area contributed by atoms with Gasteiger partial charge in [-0.25, -0.2) is 19.2 Å². The Hall–Kier alpha value is -5.32. The SMILES string of the molecule is O=C(OC[C@H]1O[C@H](OC(=O)c2ccccc2)[C@H](OC(=O)c2ccccc2)[C@@H](OC(=O)c2ccccc2)[C@@H]1O)c1ccccc1. The number of aliphatic hydroxyl groups is 1. The van der Waals surface area contributed by atoms with Crippen molar-refractivity contribution in [3.63, 3.8) is 0 Å². The summed E-state index contributed by atoms with van der Waals surface area (Å²) in [7, 11) is 0. The minimum atomic E-state index is -1.67. The van der Waals surface area contributed by atoms with Crippen molar-refractivity contribution in [1.29, 1.82) is 0 Å². The fraction of sp³-hybridized carbons (Fsp3) is 0.176. The number of hydrogen-bond acceptors (Lipinski definition) is 10. The molecule has 1 aliphatic rings. The molecule has 1 saturated heterocycles. The van der Waals surface area contributed by atoms with Gasteiger partial charge in [-0.15, -0.1) is 0 Å². The molecule has 4 aromatic rings. The van der Waals surface area contributed by atoms with Gasteiger partial charge in [-0.1, -0.05) is 72.8 Å². The monoisotopic (exact) mass is 596 g/mol. The summed E-state index contributed by atoms with van der Waals surface area (Å²) in [4.78, 5) is 52.1. The molecule has 0 aliphatic carbocycles. The van der Waals surface area contributed by atoms with E-state index >= 15 is 0 Å². The third kappa shape index (κ3) is 7.35. The van der Waals surface area contributed by atoms with Gasteiger partial charge in [0, 0.05) is 0 Å². The molecule has 0 aromatic heterocycles. The zero-order valence-electron chi connectivity index (χ0n) is 23.3. The number of benzene rings is 4. The summed E-state index contributed by atoms with van der Waals surface area (Å²) in [5, 5.41) is 11.4. The van der Waals surface area contributed by atoms with E-state index in [1.807, 2.05) is 0 Å². The Bertz CT molecular complexity index is 1560. The molecule has 10 heteroatoms. The van der Waals surface area contributed by atoms with Gasteiger partial charge >= 0.3 is 23.9 Å². The molecule has 4 aromatic carbocycles. The van der Waals surface area contributed by atoms with Crippen LogP contribution in [0.5, 0.6) is 0 Å². The highest BCUT2D eigenvalue weighted by molar-refractivity contribution is 5.91. The summed E-state index contributed by atoms with van der Waals surface area (Å²) in [5.41, 5.74) is 0.734. The van der Waals surface area contributed by atoms with Crippen LogP contribution in [0, 0.1) is 0 Å². The van der Waals surface area contributed by atoms with E-state index in [0.29, 0.717) is 0 Å². The van der Waals surface area contributed by atoms with Crippen LogP contribution in [0.4, 0.5) is 0 Å². The van der Waals surface area contributed by atoms with Crippen LogP contribution in [0.2, 0.25) is 0 Å². The first-order valence-electron chi connectivity index (χ1n) is 13.7. The van der Waals surface area contributed by atoms with E-state index < -0.39 is 61.2 Å². The maximum Gasteiger partial charge on any atom is 0.340 e. The number of carbonyl (C=O) groups excluding carboxylic acids is 4. The second-order valence-corrected chi connectivity index (χ2v) is 9.74. The van der Waals surface area contributed by atoms with E-state index in [4.69, 9.17) is 23.7 Å². The molecule has 0 bridgehead atoms. The van der Waals surface area contributed by atoms with Gasteiger partial charge in [0.15, 0.2) is 6.10 Å². The van der Waals surface area contributed by atoms with Gasteiger partial charge in [0.25, 0.3) is 0 Å². The van der Waals surface area contributed by atoms with Gasteiger partial charge in [-0.3, -0.25) is 0 Å². The van der Waals surface area contributed by atoms with Crippen molar-refractivity contribution in [3.8, 4) is 0 Å². The van der Waals surface area contributed by atoms with E-state index in [9.17, 15) is 24.3 Å². The molecule has 1 fully saturated rings. The van der Waals surface area contributed by atoms with Crippen molar-refractivity contribution in [1.82, 2.24) is 0 Å². The zero-order chi connectivity index (χ0) is 30.9. The largest absolute Gasteiger partial charge is 0.459 e. The lowest BCUT2D eigenvalue weighted by Gasteiger charge is -2.42. The lowest BCUT2D eigenvalue weighted by atomic mass is 9.98. The Morgan fingerprint density at radius 2 is 0.886 bits per heavy atom. The molecule has 5 atom stereocenters. The van der Waals surface area contributed by atoms with Crippen molar-refractivity contribution >= 4 is 23.9 Å². The fourth-order valence-corrected chi connectivity index (χ4v) is 4.48. The normalized spacial score (nSPS) is 21.0. The topological polar surface area (TPSA) is 135 Å². The van der Waals surface area contributed by atoms with E-state index in [1.54, 1.807) is 84.9 Å². The number of rotatable bonds is 9. The Morgan fingerprint density at radius 3 is 1.32 bits per heavy atom. The van der Waals surface area contributed by atoms with E-state index in [0.717, 1.165) is 0 Å². The highest BCUT2D eigenvalue weighted by Gasteiger charge is 2.52. The van der Waals surface area contributed by atoms with E-state index in [1.165, 1.54) is 36.4 Å². The third-order valence-electron chi connectivity index (χ3n) is 6.74. The molecule has 0 unspecified atom stereocenters. The van der Waals surface area contributed by atoms with Gasteiger partial charge in [0.1, 0.15) is 18.8 Å². The van der Waals surface area contributed by atoms with Crippen molar-refractivity contribution in [2.24, 2.45) is 0 Å². The third-order valence-corrected chi connectivity index (χ3v) is 6.74. The summed E-state index contributed by atoms with van der Waals surface area (Å²) in [6.07, 6.45) is -7.91. The Balaban J connectivity index is 1.46. The number of carbonyl (C=O) groups is 4. The lowest BCUT2D eigenvalue weighted by Crippen LogP contribution is -2.62. The Kier molecular flexibility index (Phi) is 9.75. The van der Waals surface area contributed by atoms with Crippen LogP contribution in [-0.4, -0.2) is 66.3 Å². The van der Waals surface area contributed by atoms with Gasteiger partial charge < -0.3 is 28.8 Å². The molecular formula is C34H28O10. The molecule has 0 spiro atoms. The minimum Gasteiger partial charge on any atom is -0.459 e. The molecule has 0 amide bonds. The highest BCUT2D eigenvalue weighted by atomic mass is 16.7. The van der Waals surface area contributed by atoms with Crippen LogP contribution < -0.4 is 0 Å². The van der Waals surface area contributed by atoms with Gasteiger partial charge in [-0.05, 0) is 48.5 Å². The van der Waals surface area contributed by atoms with Crippen molar-refractivity contribution in [3.05, 3.63) is 144 Å². The van der Waals surface area contributed by atoms with Crippen LogP contribution in [0.1, 0.15) is 41.4 Å². The van der Waals surface area contributed by atoms with Gasteiger partial charge in [0.05, 0.1) is 22.3 Å². The molecule has 224 valence electrons.